The third kappa shape index (κ3) is 4.69. The van der Waals surface area contributed by atoms with E-state index in [4.69, 9.17) is 4.74 Å². The summed E-state index contributed by atoms with van der Waals surface area (Å²) in [5, 5.41) is 23.7. The van der Waals surface area contributed by atoms with Crippen molar-refractivity contribution >= 4 is 10.9 Å². The summed E-state index contributed by atoms with van der Waals surface area (Å²) in [6.07, 6.45) is 0.947. The molecule has 2 aromatic heterocycles. The molecule has 1 saturated heterocycles. The molecule has 3 heterocycles. The van der Waals surface area contributed by atoms with E-state index in [1.807, 2.05) is 37.3 Å². The van der Waals surface area contributed by atoms with Gasteiger partial charge in [0.05, 0.1) is 25.3 Å². The zero-order valence-electron chi connectivity index (χ0n) is 20.2. The van der Waals surface area contributed by atoms with Gasteiger partial charge in [-0.3, -0.25) is 9.69 Å². The molecule has 1 aliphatic heterocycles. The first kappa shape index (κ1) is 23.2. The predicted molar refractivity (Wildman–Crippen MR) is 133 cm³/mol. The molecule has 0 radical (unpaired) electrons. The minimum atomic E-state index is -0.440. The van der Waals surface area contributed by atoms with Gasteiger partial charge >= 0.3 is 0 Å². The first-order chi connectivity index (χ1) is 16.9. The Morgan fingerprint density at radius 1 is 1.14 bits per heavy atom. The lowest BCUT2D eigenvalue weighted by molar-refractivity contribution is 0.0659. The fraction of sp³-hybridized carbons (Fsp3) is 0.385. The Balaban J connectivity index is 1.60. The van der Waals surface area contributed by atoms with Crippen molar-refractivity contribution in [3.63, 3.8) is 0 Å². The third-order valence-corrected chi connectivity index (χ3v) is 6.78. The molecular weight excluding hydrogens is 444 g/mol. The molecule has 0 saturated carbocycles. The largest absolute Gasteiger partial charge is 0.497 e. The Morgan fingerprint density at radius 3 is 2.60 bits per heavy atom. The lowest BCUT2D eigenvalue weighted by atomic mass is 9.98. The number of ether oxygens (including phenoxy) is 1. The Morgan fingerprint density at radius 2 is 1.89 bits per heavy atom. The molecule has 2 aromatic carbocycles. The minimum absolute atomic E-state index is 0.153. The number of hydrogen-bond acceptors (Lipinski definition) is 7. The second-order valence-corrected chi connectivity index (χ2v) is 9.31. The Hall–Kier alpha value is -3.56. The number of H-pyrrole nitrogens is 1. The Labute approximate surface area is 203 Å². The summed E-state index contributed by atoms with van der Waals surface area (Å²) in [6, 6.07) is 13.4. The van der Waals surface area contributed by atoms with Crippen LogP contribution < -0.4 is 10.3 Å². The lowest BCUT2D eigenvalue weighted by Gasteiger charge is -2.35. The van der Waals surface area contributed by atoms with Gasteiger partial charge in [0.25, 0.3) is 5.56 Å². The molecule has 0 aliphatic carbocycles. The average molecular weight is 475 g/mol. The summed E-state index contributed by atoms with van der Waals surface area (Å²) in [5.41, 5.74) is 4.48. The van der Waals surface area contributed by atoms with E-state index in [1.165, 1.54) is 0 Å². The smallest absolute Gasteiger partial charge is 0.253 e. The number of pyridine rings is 1. The number of nitrogens with one attached hydrogen (secondary N) is 1. The number of methoxy groups -OCH3 is 1. The van der Waals surface area contributed by atoms with Crippen LogP contribution in [0.3, 0.4) is 0 Å². The van der Waals surface area contributed by atoms with Crippen LogP contribution in [0.5, 0.6) is 5.75 Å². The van der Waals surface area contributed by atoms with Crippen molar-refractivity contribution in [2.24, 2.45) is 0 Å². The highest BCUT2D eigenvalue weighted by molar-refractivity contribution is 5.83. The van der Waals surface area contributed by atoms with Crippen LogP contribution in [0, 0.1) is 13.8 Å². The van der Waals surface area contributed by atoms with Crippen molar-refractivity contribution in [3.05, 3.63) is 80.9 Å². The highest BCUT2D eigenvalue weighted by atomic mass is 16.5. The summed E-state index contributed by atoms with van der Waals surface area (Å²) >= 11 is 0. The molecule has 182 valence electrons. The number of likely N-dealkylation sites (tertiary alicyclic amines) is 1. The van der Waals surface area contributed by atoms with Crippen LogP contribution in [0.25, 0.3) is 10.9 Å². The number of fused-ring (bicyclic) bond motifs is 1. The number of aryl methyl sites for hydroxylation is 2. The van der Waals surface area contributed by atoms with Gasteiger partial charge in [-0.1, -0.05) is 23.8 Å². The number of benzene rings is 2. The van der Waals surface area contributed by atoms with E-state index < -0.39 is 6.04 Å². The molecule has 5 rings (SSSR count). The third-order valence-electron chi connectivity index (χ3n) is 6.78. The number of piperidine rings is 1. The maximum atomic E-state index is 13.4. The van der Waals surface area contributed by atoms with Gasteiger partial charge < -0.3 is 14.8 Å². The zero-order chi connectivity index (χ0) is 24.5. The summed E-state index contributed by atoms with van der Waals surface area (Å²) in [4.78, 5) is 18.7. The molecular formula is C26H30N6O3. The van der Waals surface area contributed by atoms with Crippen molar-refractivity contribution in [3.8, 4) is 5.75 Å². The molecule has 1 unspecified atom stereocenters. The number of rotatable bonds is 6. The molecule has 1 atom stereocenters. The molecule has 4 aromatic rings. The number of aliphatic hydroxyl groups is 1. The van der Waals surface area contributed by atoms with Crippen molar-refractivity contribution in [2.45, 2.75) is 45.4 Å². The first-order valence-electron chi connectivity index (χ1n) is 11.9. The van der Waals surface area contributed by atoms with E-state index in [9.17, 15) is 9.90 Å². The van der Waals surface area contributed by atoms with E-state index in [0.29, 0.717) is 43.9 Å². The van der Waals surface area contributed by atoms with E-state index >= 15 is 0 Å². The number of nitrogens with zero attached hydrogens (tertiary/aromatic N) is 5. The summed E-state index contributed by atoms with van der Waals surface area (Å²) < 4.78 is 7.02. The molecule has 0 bridgehead atoms. The van der Waals surface area contributed by atoms with Crippen LogP contribution in [0.4, 0.5) is 0 Å². The second kappa shape index (κ2) is 9.59. The number of tetrazole rings is 1. The molecule has 0 amide bonds. The molecule has 0 spiro atoms. The molecule has 1 fully saturated rings. The molecule has 35 heavy (non-hydrogen) atoms. The molecule has 9 nitrogen and oxygen atoms in total. The van der Waals surface area contributed by atoms with Gasteiger partial charge in [-0.05, 0) is 77.9 Å². The molecule has 1 aliphatic rings. The fourth-order valence-electron chi connectivity index (χ4n) is 4.97. The maximum Gasteiger partial charge on any atom is 0.253 e. The highest BCUT2D eigenvalue weighted by Gasteiger charge is 2.33. The maximum absolute atomic E-state index is 13.4. The van der Waals surface area contributed by atoms with Crippen LogP contribution in [-0.2, 0) is 6.54 Å². The van der Waals surface area contributed by atoms with Gasteiger partial charge in [-0.25, -0.2) is 4.68 Å². The van der Waals surface area contributed by atoms with Crippen LogP contribution >= 0.6 is 0 Å². The van der Waals surface area contributed by atoms with Crippen molar-refractivity contribution in [2.75, 3.05) is 20.2 Å². The van der Waals surface area contributed by atoms with Crippen molar-refractivity contribution in [1.82, 2.24) is 30.1 Å². The minimum Gasteiger partial charge on any atom is -0.497 e. The topological polar surface area (TPSA) is 109 Å². The Kier molecular flexibility index (Phi) is 6.36. The van der Waals surface area contributed by atoms with Gasteiger partial charge in [0, 0.05) is 18.7 Å². The van der Waals surface area contributed by atoms with E-state index in [1.54, 1.807) is 11.8 Å². The first-order valence-corrected chi connectivity index (χ1v) is 11.9. The van der Waals surface area contributed by atoms with Crippen molar-refractivity contribution < 1.29 is 9.84 Å². The molecule has 2 N–H and O–H groups in total. The van der Waals surface area contributed by atoms with Crippen LogP contribution in [0.2, 0.25) is 0 Å². The van der Waals surface area contributed by atoms with Gasteiger partial charge in [0.15, 0.2) is 5.82 Å². The van der Waals surface area contributed by atoms with Gasteiger partial charge in [-0.15, -0.1) is 5.10 Å². The van der Waals surface area contributed by atoms with E-state index in [0.717, 1.165) is 33.3 Å². The second-order valence-electron chi connectivity index (χ2n) is 9.31. The van der Waals surface area contributed by atoms with Gasteiger partial charge in [0.1, 0.15) is 11.8 Å². The molecule has 9 heteroatoms. The summed E-state index contributed by atoms with van der Waals surface area (Å²) in [5.74, 6) is 1.38. The van der Waals surface area contributed by atoms with Crippen LogP contribution in [0.1, 0.15) is 47.0 Å². The summed E-state index contributed by atoms with van der Waals surface area (Å²) in [6.45, 7) is 5.81. The number of aliphatic hydroxyl groups excluding tert-OH is 1. The summed E-state index contributed by atoms with van der Waals surface area (Å²) in [7, 11) is 1.64. The van der Waals surface area contributed by atoms with Gasteiger partial charge in [0.2, 0.25) is 0 Å². The van der Waals surface area contributed by atoms with E-state index in [2.05, 4.69) is 44.5 Å². The number of hydrogen-bond donors (Lipinski definition) is 2. The quantitative estimate of drug-likeness (QED) is 0.442. The SMILES string of the molecule is COc1ccc(Cn2nnnc2C(c2cc3cc(C)cc(C)c3[nH]c2=O)N2CCC(O)CC2)cc1. The average Bonchev–Trinajstić information content (AvgIpc) is 3.29. The van der Waals surface area contributed by atoms with Crippen LogP contribution in [-0.4, -0.2) is 61.5 Å². The van der Waals surface area contributed by atoms with E-state index in [-0.39, 0.29) is 11.7 Å². The lowest BCUT2D eigenvalue weighted by Crippen LogP contribution is -2.41. The highest BCUT2D eigenvalue weighted by Crippen LogP contribution is 2.30. The monoisotopic (exact) mass is 474 g/mol. The number of aromatic nitrogens is 5. The van der Waals surface area contributed by atoms with Crippen LogP contribution in [0.15, 0.2) is 47.3 Å². The van der Waals surface area contributed by atoms with Crippen molar-refractivity contribution in [1.29, 1.82) is 0 Å². The normalized spacial score (nSPS) is 16.0. The fourth-order valence-corrected chi connectivity index (χ4v) is 4.97. The van der Waals surface area contributed by atoms with Gasteiger partial charge in [-0.2, -0.15) is 0 Å². The standard InChI is InChI=1S/C26H30N6O3/c1-16-12-17(2)23-19(13-16)14-22(26(34)27-23)24(31-10-8-20(33)9-11-31)25-28-29-30-32(25)15-18-4-6-21(35-3)7-5-18/h4-7,12-14,20,24,33H,8-11,15H2,1-3H3,(H,27,34). The zero-order valence-corrected chi connectivity index (χ0v) is 20.2. The number of aromatic amines is 1. The predicted octanol–water partition coefficient (Wildman–Crippen LogP) is 2.73. The Bertz CT molecular complexity index is 1390.